The second-order valence-electron chi connectivity index (χ2n) is 10.0. The van der Waals surface area contributed by atoms with Gasteiger partial charge in [-0.25, -0.2) is 0 Å². The minimum atomic E-state index is -0.723. The summed E-state index contributed by atoms with van der Waals surface area (Å²) in [6.45, 7) is 6.16. The van der Waals surface area contributed by atoms with Crippen molar-refractivity contribution in [3.05, 3.63) is 107 Å². The Morgan fingerprint density at radius 2 is 1.68 bits per heavy atom. The number of carbonyl (C=O) groups is 1. The molecule has 4 aromatic rings. The van der Waals surface area contributed by atoms with E-state index in [-0.39, 0.29) is 5.97 Å². The van der Waals surface area contributed by atoms with E-state index in [0.29, 0.717) is 30.0 Å². The van der Waals surface area contributed by atoms with Gasteiger partial charge in [-0.2, -0.15) is 0 Å². The number of aliphatic hydroxyl groups is 1. The van der Waals surface area contributed by atoms with Gasteiger partial charge in [0.1, 0.15) is 0 Å². The molecule has 1 aliphatic carbocycles. The van der Waals surface area contributed by atoms with Crippen molar-refractivity contribution in [2.24, 2.45) is 0 Å². The number of ether oxygens (including phenoxy) is 1. The largest absolute Gasteiger partial charge is 0.465 e. The zero-order valence-corrected chi connectivity index (χ0v) is 22.1. The summed E-state index contributed by atoms with van der Waals surface area (Å²) in [6.07, 6.45) is 5.42. The summed E-state index contributed by atoms with van der Waals surface area (Å²) in [5.74, 6) is 0.467. The summed E-state index contributed by atoms with van der Waals surface area (Å²) in [5.41, 5.74) is 7.25. The highest BCUT2D eigenvalue weighted by atomic mass is 16.5. The summed E-state index contributed by atoms with van der Waals surface area (Å²) in [6, 6.07) is 24.5. The number of aromatic nitrogens is 1. The van der Waals surface area contributed by atoms with Crippen LogP contribution >= 0.6 is 0 Å². The van der Waals surface area contributed by atoms with Crippen molar-refractivity contribution >= 4 is 12.0 Å². The standard InChI is InChI=1S/C33H33NO4/c1-4-37-32(36)33(19-20-33)28-17-15-26(16-18-28)25-11-13-27(14-12-25)31-30(23(3)34-38-31)29(35)10-6-9-24-8-5-7-22(2)21-24/h5-9,11-18,21,29,35H,4,10,19-20H2,1-3H3. The van der Waals surface area contributed by atoms with E-state index >= 15 is 0 Å². The quantitative estimate of drug-likeness (QED) is 0.240. The number of hydrogen-bond donors (Lipinski definition) is 1. The van der Waals surface area contributed by atoms with Crippen LogP contribution in [0.4, 0.5) is 0 Å². The van der Waals surface area contributed by atoms with Gasteiger partial charge in [-0.1, -0.05) is 95.7 Å². The summed E-state index contributed by atoms with van der Waals surface area (Å²) < 4.78 is 10.9. The van der Waals surface area contributed by atoms with Gasteiger partial charge in [0.15, 0.2) is 5.76 Å². The van der Waals surface area contributed by atoms with Crippen molar-refractivity contribution in [2.75, 3.05) is 6.61 Å². The Labute approximate surface area is 223 Å². The molecule has 1 atom stereocenters. The van der Waals surface area contributed by atoms with Gasteiger partial charge in [0.25, 0.3) is 0 Å². The molecule has 1 aliphatic rings. The van der Waals surface area contributed by atoms with E-state index in [2.05, 4.69) is 36.3 Å². The van der Waals surface area contributed by atoms with Crippen LogP contribution in [-0.2, 0) is 14.9 Å². The molecule has 1 aromatic heterocycles. The zero-order valence-electron chi connectivity index (χ0n) is 22.1. The molecular formula is C33H33NO4. The maximum Gasteiger partial charge on any atom is 0.316 e. The number of rotatable bonds is 9. The van der Waals surface area contributed by atoms with Gasteiger partial charge >= 0.3 is 5.97 Å². The van der Waals surface area contributed by atoms with Crippen LogP contribution in [0.15, 0.2) is 83.4 Å². The molecule has 0 saturated heterocycles. The van der Waals surface area contributed by atoms with Crippen molar-refractivity contribution in [1.29, 1.82) is 0 Å². The topological polar surface area (TPSA) is 72.6 Å². The third-order valence-electron chi connectivity index (χ3n) is 7.29. The van der Waals surface area contributed by atoms with Gasteiger partial charge in [0.05, 0.1) is 29.4 Å². The SMILES string of the molecule is CCOC(=O)C1(c2ccc(-c3ccc(-c4onc(C)c4C(O)CC=Cc4cccc(C)c4)cc3)cc2)CC1. The molecule has 0 aliphatic heterocycles. The average molecular weight is 508 g/mol. The minimum Gasteiger partial charge on any atom is -0.465 e. The molecule has 0 bridgehead atoms. The molecule has 1 fully saturated rings. The maximum absolute atomic E-state index is 12.4. The normalized spacial score (nSPS) is 14.9. The Morgan fingerprint density at radius 1 is 1.03 bits per heavy atom. The third kappa shape index (κ3) is 5.20. The van der Waals surface area contributed by atoms with Crippen molar-refractivity contribution < 1.29 is 19.2 Å². The van der Waals surface area contributed by atoms with Crippen LogP contribution in [-0.4, -0.2) is 22.8 Å². The third-order valence-corrected chi connectivity index (χ3v) is 7.29. The molecule has 5 heteroatoms. The first-order chi connectivity index (χ1) is 18.4. The first kappa shape index (κ1) is 25.7. The van der Waals surface area contributed by atoms with Gasteiger partial charge in [0, 0.05) is 5.56 Å². The number of esters is 1. The van der Waals surface area contributed by atoms with Crippen LogP contribution in [0.25, 0.3) is 28.5 Å². The summed E-state index contributed by atoms with van der Waals surface area (Å²) in [5, 5.41) is 15.1. The molecule has 3 aromatic carbocycles. The highest BCUT2D eigenvalue weighted by Gasteiger charge is 2.52. The highest BCUT2D eigenvalue weighted by molar-refractivity contribution is 5.87. The van der Waals surface area contributed by atoms with E-state index in [9.17, 15) is 9.90 Å². The lowest BCUT2D eigenvalue weighted by molar-refractivity contribution is -0.146. The second kappa shape index (κ2) is 10.8. The van der Waals surface area contributed by atoms with Crippen molar-refractivity contribution in [3.63, 3.8) is 0 Å². The first-order valence-corrected chi connectivity index (χ1v) is 13.2. The zero-order chi connectivity index (χ0) is 26.7. The lowest BCUT2D eigenvalue weighted by Crippen LogP contribution is -2.23. The van der Waals surface area contributed by atoms with E-state index in [4.69, 9.17) is 9.26 Å². The fourth-order valence-corrected chi connectivity index (χ4v) is 5.00. The van der Waals surface area contributed by atoms with Crippen LogP contribution in [0.3, 0.4) is 0 Å². The summed E-state index contributed by atoms with van der Waals surface area (Å²) in [7, 11) is 0. The van der Waals surface area contributed by atoms with Crippen molar-refractivity contribution in [2.45, 2.75) is 51.6 Å². The summed E-state index contributed by atoms with van der Waals surface area (Å²) in [4.78, 5) is 12.4. The second-order valence-corrected chi connectivity index (χ2v) is 10.0. The number of aliphatic hydroxyl groups excluding tert-OH is 1. The van der Waals surface area contributed by atoms with Crippen molar-refractivity contribution in [1.82, 2.24) is 5.16 Å². The maximum atomic E-state index is 12.4. The molecule has 0 amide bonds. The molecule has 5 rings (SSSR count). The lowest BCUT2D eigenvalue weighted by atomic mass is 9.93. The lowest BCUT2D eigenvalue weighted by Gasteiger charge is -2.15. The fraction of sp³-hybridized carbons (Fsp3) is 0.273. The van der Waals surface area contributed by atoms with Crippen LogP contribution in [0, 0.1) is 13.8 Å². The number of nitrogens with zero attached hydrogens (tertiary/aromatic N) is 1. The van der Waals surface area contributed by atoms with E-state index < -0.39 is 11.5 Å². The first-order valence-electron chi connectivity index (χ1n) is 13.2. The molecule has 5 nitrogen and oxygen atoms in total. The Morgan fingerprint density at radius 3 is 2.32 bits per heavy atom. The Kier molecular flexibility index (Phi) is 7.30. The molecule has 194 valence electrons. The fourth-order valence-electron chi connectivity index (χ4n) is 5.00. The molecule has 1 unspecified atom stereocenters. The van der Waals surface area contributed by atoms with Gasteiger partial charge < -0.3 is 14.4 Å². The molecule has 0 radical (unpaired) electrons. The van der Waals surface area contributed by atoms with E-state index in [0.717, 1.165) is 40.7 Å². The van der Waals surface area contributed by atoms with Gasteiger partial charge in [-0.05, 0) is 62.3 Å². The Balaban J connectivity index is 1.30. The molecule has 1 heterocycles. The predicted octanol–water partition coefficient (Wildman–Crippen LogP) is 7.36. The molecule has 38 heavy (non-hydrogen) atoms. The molecule has 0 spiro atoms. The van der Waals surface area contributed by atoms with Gasteiger partial charge in [-0.3, -0.25) is 4.79 Å². The van der Waals surface area contributed by atoms with Crippen LogP contribution in [0.5, 0.6) is 0 Å². The molecule has 1 N–H and O–H groups in total. The highest BCUT2D eigenvalue weighted by Crippen LogP contribution is 2.49. The average Bonchev–Trinajstić information content (AvgIpc) is 3.65. The number of carbonyl (C=O) groups excluding carboxylic acids is 1. The van der Waals surface area contributed by atoms with E-state index in [1.54, 1.807) is 0 Å². The van der Waals surface area contributed by atoms with Crippen LogP contribution in [0.2, 0.25) is 0 Å². The van der Waals surface area contributed by atoms with Crippen molar-refractivity contribution in [3.8, 4) is 22.5 Å². The predicted molar refractivity (Wildman–Crippen MR) is 149 cm³/mol. The molecular weight excluding hydrogens is 474 g/mol. The van der Waals surface area contributed by atoms with Gasteiger partial charge in [0.2, 0.25) is 0 Å². The van der Waals surface area contributed by atoms with Crippen LogP contribution in [0.1, 0.15) is 60.2 Å². The molecule has 1 saturated carbocycles. The monoisotopic (exact) mass is 507 g/mol. The van der Waals surface area contributed by atoms with E-state index in [1.165, 1.54) is 5.56 Å². The van der Waals surface area contributed by atoms with Crippen LogP contribution < -0.4 is 0 Å². The number of aryl methyl sites for hydroxylation is 2. The number of hydrogen-bond acceptors (Lipinski definition) is 5. The number of benzene rings is 3. The van der Waals surface area contributed by atoms with Gasteiger partial charge in [-0.15, -0.1) is 0 Å². The smallest absolute Gasteiger partial charge is 0.316 e. The Bertz CT molecular complexity index is 1440. The minimum absolute atomic E-state index is 0.122. The summed E-state index contributed by atoms with van der Waals surface area (Å²) >= 11 is 0. The Hall–Kier alpha value is -3.96. The van der Waals surface area contributed by atoms with E-state index in [1.807, 2.05) is 74.5 Å².